The molecule has 3 aromatic carbocycles. The van der Waals surface area contributed by atoms with Crippen LogP contribution in [0.4, 0.5) is 5.69 Å². The number of aliphatic hydroxyl groups is 1. The Kier molecular flexibility index (Phi) is 6.71. The number of carbonyl (C=O) groups excluding carboxylic acids is 2. The maximum Gasteiger partial charge on any atom is 0.300 e. The first kappa shape index (κ1) is 24.2. The number of aryl methyl sites for hydroxylation is 1. The minimum absolute atomic E-state index is 0.0903. The van der Waals surface area contributed by atoms with Crippen molar-refractivity contribution in [3.8, 4) is 17.2 Å². The summed E-state index contributed by atoms with van der Waals surface area (Å²) in [6.45, 7) is 1.89. The predicted octanol–water partition coefficient (Wildman–Crippen LogP) is 5.30. The van der Waals surface area contributed by atoms with Crippen LogP contribution in [0.5, 0.6) is 17.2 Å². The van der Waals surface area contributed by atoms with Crippen molar-refractivity contribution in [2.75, 3.05) is 26.2 Å². The number of nitrogens with zero attached hydrogens (tertiary/aromatic N) is 1. The molecule has 0 bridgehead atoms. The zero-order valence-corrected chi connectivity index (χ0v) is 20.4. The molecule has 1 heterocycles. The van der Waals surface area contributed by atoms with E-state index in [0.717, 1.165) is 5.56 Å². The lowest BCUT2D eigenvalue weighted by atomic mass is 9.94. The lowest BCUT2D eigenvalue weighted by Gasteiger charge is -2.26. The fourth-order valence-corrected chi connectivity index (χ4v) is 4.43. The molecule has 1 aliphatic heterocycles. The summed E-state index contributed by atoms with van der Waals surface area (Å²) in [7, 11) is 4.38. The highest BCUT2D eigenvalue weighted by Crippen LogP contribution is 2.45. The zero-order chi connectivity index (χ0) is 25.3. The van der Waals surface area contributed by atoms with E-state index in [0.29, 0.717) is 17.0 Å². The number of amides is 1. The van der Waals surface area contributed by atoms with Gasteiger partial charge in [0.2, 0.25) is 0 Å². The maximum atomic E-state index is 13.4. The number of ketones is 1. The largest absolute Gasteiger partial charge is 0.507 e. The molecule has 0 saturated carbocycles. The average Bonchev–Trinajstić information content (AvgIpc) is 3.13. The van der Waals surface area contributed by atoms with E-state index >= 15 is 0 Å². The van der Waals surface area contributed by atoms with Crippen molar-refractivity contribution in [1.29, 1.82) is 0 Å². The van der Waals surface area contributed by atoms with Gasteiger partial charge in [0.15, 0.2) is 0 Å². The third-order valence-electron chi connectivity index (χ3n) is 5.86. The predicted molar refractivity (Wildman–Crippen MR) is 134 cm³/mol. The third kappa shape index (κ3) is 4.31. The lowest BCUT2D eigenvalue weighted by Crippen LogP contribution is -2.29. The third-order valence-corrected chi connectivity index (χ3v) is 6.16. The van der Waals surface area contributed by atoms with E-state index in [1.54, 1.807) is 36.4 Å². The number of carbonyl (C=O) groups is 2. The van der Waals surface area contributed by atoms with Gasteiger partial charge in [-0.25, -0.2) is 0 Å². The molecule has 1 N–H and O–H groups in total. The molecule has 1 atom stereocenters. The summed E-state index contributed by atoms with van der Waals surface area (Å²) in [5.41, 5.74) is 2.11. The van der Waals surface area contributed by atoms with Crippen LogP contribution in [0.15, 0.2) is 66.2 Å². The summed E-state index contributed by atoms with van der Waals surface area (Å²) in [6, 6.07) is 16.3. The normalized spacial score (nSPS) is 16.9. The van der Waals surface area contributed by atoms with Crippen molar-refractivity contribution in [3.63, 3.8) is 0 Å². The van der Waals surface area contributed by atoms with Crippen molar-refractivity contribution in [1.82, 2.24) is 0 Å². The van der Waals surface area contributed by atoms with Crippen molar-refractivity contribution >= 4 is 34.7 Å². The second kappa shape index (κ2) is 9.72. The summed E-state index contributed by atoms with van der Waals surface area (Å²) in [6.07, 6.45) is 0. The van der Waals surface area contributed by atoms with E-state index in [1.807, 2.05) is 19.1 Å². The molecule has 0 aliphatic carbocycles. The van der Waals surface area contributed by atoms with Gasteiger partial charge in [0, 0.05) is 11.8 Å². The molecule has 1 amide bonds. The topological polar surface area (TPSA) is 85.3 Å². The van der Waals surface area contributed by atoms with Crippen LogP contribution in [0.25, 0.3) is 5.76 Å². The zero-order valence-electron chi connectivity index (χ0n) is 19.7. The number of halogens is 1. The number of hydrogen-bond acceptors (Lipinski definition) is 6. The molecular formula is C27H24ClNO6. The summed E-state index contributed by atoms with van der Waals surface area (Å²) in [5, 5.41) is 11.7. The molecule has 1 unspecified atom stereocenters. The second-order valence-corrected chi connectivity index (χ2v) is 8.38. The van der Waals surface area contributed by atoms with Crippen LogP contribution in [0, 0.1) is 6.92 Å². The summed E-state index contributed by atoms with van der Waals surface area (Å²) in [5.74, 6) is -0.946. The van der Waals surface area contributed by atoms with Gasteiger partial charge in [-0.1, -0.05) is 35.9 Å². The fourth-order valence-electron chi connectivity index (χ4n) is 4.19. The Morgan fingerprint density at radius 1 is 0.914 bits per heavy atom. The molecule has 4 rings (SSSR count). The van der Waals surface area contributed by atoms with Crippen LogP contribution in [0.1, 0.15) is 22.7 Å². The Balaban J connectivity index is 2.01. The SMILES string of the molecule is COc1cccc(C2/C(=C(\O)c3cc(OC)c(Cl)cc3OC)C(=O)C(=O)N2c2cccc(C)c2)c1. The van der Waals surface area contributed by atoms with Gasteiger partial charge in [-0.05, 0) is 48.4 Å². The van der Waals surface area contributed by atoms with Crippen molar-refractivity contribution in [2.45, 2.75) is 13.0 Å². The molecule has 0 aromatic heterocycles. The van der Waals surface area contributed by atoms with Crippen LogP contribution >= 0.6 is 11.6 Å². The monoisotopic (exact) mass is 493 g/mol. The van der Waals surface area contributed by atoms with Gasteiger partial charge < -0.3 is 19.3 Å². The molecule has 35 heavy (non-hydrogen) atoms. The Morgan fingerprint density at radius 2 is 1.63 bits per heavy atom. The van der Waals surface area contributed by atoms with E-state index in [2.05, 4.69) is 0 Å². The Hall–Kier alpha value is -3.97. The van der Waals surface area contributed by atoms with Gasteiger partial charge in [0.25, 0.3) is 11.7 Å². The van der Waals surface area contributed by atoms with Crippen LogP contribution < -0.4 is 19.1 Å². The van der Waals surface area contributed by atoms with Gasteiger partial charge in [-0.2, -0.15) is 0 Å². The van der Waals surface area contributed by atoms with Gasteiger partial charge in [-0.3, -0.25) is 14.5 Å². The van der Waals surface area contributed by atoms with Crippen molar-refractivity contribution in [3.05, 3.63) is 87.9 Å². The highest BCUT2D eigenvalue weighted by atomic mass is 35.5. The van der Waals surface area contributed by atoms with Crippen molar-refractivity contribution < 1.29 is 28.9 Å². The van der Waals surface area contributed by atoms with Crippen LogP contribution in [0.2, 0.25) is 5.02 Å². The number of methoxy groups -OCH3 is 3. The highest BCUT2D eigenvalue weighted by Gasteiger charge is 2.47. The van der Waals surface area contributed by atoms with Crippen molar-refractivity contribution in [2.24, 2.45) is 0 Å². The number of benzene rings is 3. The summed E-state index contributed by atoms with van der Waals surface area (Å²) >= 11 is 6.23. The number of ether oxygens (including phenoxy) is 3. The molecule has 1 fully saturated rings. The summed E-state index contributed by atoms with van der Waals surface area (Å²) in [4.78, 5) is 28.1. The molecule has 7 nitrogen and oxygen atoms in total. The van der Waals surface area contributed by atoms with E-state index in [-0.39, 0.29) is 27.7 Å². The quantitative estimate of drug-likeness (QED) is 0.285. The molecule has 8 heteroatoms. The van der Waals surface area contributed by atoms with E-state index in [4.69, 9.17) is 25.8 Å². The van der Waals surface area contributed by atoms with Gasteiger partial charge >= 0.3 is 0 Å². The average molecular weight is 494 g/mol. The molecule has 0 radical (unpaired) electrons. The van der Waals surface area contributed by atoms with Crippen LogP contribution in [0.3, 0.4) is 0 Å². The highest BCUT2D eigenvalue weighted by molar-refractivity contribution is 6.51. The number of hydrogen-bond donors (Lipinski definition) is 1. The molecule has 3 aromatic rings. The minimum atomic E-state index is -0.918. The maximum absolute atomic E-state index is 13.4. The Morgan fingerprint density at radius 3 is 2.29 bits per heavy atom. The first-order valence-corrected chi connectivity index (χ1v) is 11.1. The smallest absolute Gasteiger partial charge is 0.300 e. The number of rotatable bonds is 6. The first-order chi connectivity index (χ1) is 16.8. The van der Waals surface area contributed by atoms with Gasteiger partial charge in [-0.15, -0.1) is 0 Å². The van der Waals surface area contributed by atoms with Crippen LogP contribution in [-0.4, -0.2) is 38.1 Å². The van der Waals surface area contributed by atoms with Gasteiger partial charge in [0.05, 0.1) is 43.5 Å². The number of aliphatic hydroxyl groups excluding tert-OH is 1. The second-order valence-electron chi connectivity index (χ2n) is 7.97. The Bertz CT molecular complexity index is 1350. The van der Waals surface area contributed by atoms with Gasteiger partial charge in [0.1, 0.15) is 23.0 Å². The van der Waals surface area contributed by atoms with E-state index in [9.17, 15) is 14.7 Å². The molecule has 1 aliphatic rings. The molecule has 1 saturated heterocycles. The standard InChI is InChI=1S/C27H24ClNO6/c1-15-7-5-9-17(11-15)29-24(16-8-6-10-18(12-16)33-2)23(26(31)27(29)32)25(30)19-13-22(35-4)20(28)14-21(19)34-3/h5-14,24,30H,1-4H3/b25-23+. The number of Topliss-reactive ketones (excluding diaryl/α,β-unsaturated/α-hetero) is 1. The fraction of sp³-hybridized carbons (Fsp3) is 0.185. The minimum Gasteiger partial charge on any atom is -0.507 e. The van der Waals surface area contributed by atoms with E-state index < -0.39 is 23.5 Å². The molecular weight excluding hydrogens is 470 g/mol. The molecule has 0 spiro atoms. The first-order valence-electron chi connectivity index (χ1n) is 10.7. The lowest BCUT2D eigenvalue weighted by molar-refractivity contribution is -0.132. The summed E-state index contributed by atoms with van der Waals surface area (Å²) < 4.78 is 16.1. The Labute approximate surface area is 208 Å². The molecule has 180 valence electrons. The van der Waals surface area contributed by atoms with Crippen LogP contribution in [-0.2, 0) is 9.59 Å². The number of anilines is 1. The van der Waals surface area contributed by atoms with E-state index in [1.165, 1.54) is 38.4 Å².